The topological polar surface area (TPSA) is 33.6 Å². The molecule has 0 spiro atoms. The number of nitrogens with zero attached hydrogens (tertiary/aromatic N) is 2. The molecule has 4 aliphatic carbocycles. The van der Waals surface area contributed by atoms with E-state index in [1.165, 1.54) is 27.8 Å². The van der Waals surface area contributed by atoms with E-state index < -0.39 is 0 Å². The van der Waals surface area contributed by atoms with Gasteiger partial charge in [0, 0.05) is 11.3 Å². The van der Waals surface area contributed by atoms with Crippen molar-refractivity contribution in [2.75, 3.05) is 0 Å². The first kappa shape index (κ1) is 17.1. The average molecular weight is 384 g/mol. The maximum Gasteiger partial charge on any atom is 0.200 e. The highest BCUT2D eigenvalue weighted by atomic mass is 32.1. The van der Waals surface area contributed by atoms with E-state index in [0.29, 0.717) is 4.77 Å². The summed E-state index contributed by atoms with van der Waals surface area (Å²) in [7, 11) is 0. The van der Waals surface area contributed by atoms with Gasteiger partial charge < -0.3 is 0 Å². The van der Waals surface area contributed by atoms with Crippen LogP contribution in [-0.2, 0) is 25.7 Å². The molecule has 0 radical (unpaired) electrons. The molecular weight excluding hydrogens is 362 g/mol. The molecule has 28 heavy (non-hydrogen) atoms. The predicted octanol–water partition coefficient (Wildman–Crippen LogP) is 5.48. The van der Waals surface area contributed by atoms with E-state index in [9.17, 15) is 0 Å². The molecule has 1 heterocycles. The van der Waals surface area contributed by atoms with Gasteiger partial charge in [-0.15, -0.1) is 0 Å². The molecule has 138 valence electrons. The molecule has 0 amide bonds. The number of H-pyrrole nitrogens is 1. The number of benzene rings is 3. The van der Waals surface area contributed by atoms with Crippen LogP contribution in [0.25, 0.3) is 17.1 Å². The molecule has 1 aromatic heterocycles. The molecule has 4 bridgehead atoms. The monoisotopic (exact) mass is 383 g/mol. The van der Waals surface area contributed by atoms with Gasteiger partial charge in [0.2, 0.25) is 0 Å². The normalized spacial score (nSPS) is 13.3. The molecule has 0 fully saturated rings. The number of nitrogens with one attached hydrogen (secondary N) is 1. The summed E-state index contributed by atoms with van der Waals surface area (Å²) in [6, 6.07) is 26.1. The van der Waals surface area contributed by atoms with Gasteiger partial charge >= 0.3 is 0 Å². The first-order chi connectivity index (χ1) is 13.8. The van der Waals surface area contributed by atoms with Crippen molar-refractivity contribution in [2.45, 2.75) is 25.7 Å². The molecule has 4 aliphatic rings. The van der Waals surface area contributed by atoms with Crippen molar-refractivity contribution in [1.29, 1.82) is 0 Å². The van der Waals surface area contributed by atoms with Gasteiger partial charge in [-0.05, 0) is 78.4 Å². The third kappa shape index (κ3) is 3.20. The lowest BCUT2D eigenvalue weighted by Crippen LogP contribution is -2.04. The van der Waals surface area contributed by atoms with Crippen LogP contribution < -0.4 is 0 Å². The number of hydrogen-bond donors (Lipinski definition) is 1. The Bertz CT molecular complexity index is 1170. The van der Waals surface area contributed by atoms with Crippen molar-refractivity contribution in [3.63, 3.8) is 0 Å². The van der Waals surface area contributed by atoms with Crippen molar-refractivity contribution in [3.8, 4) is 17.1 Å². The van der Waals surface area contributed by atoms with Gasteiger partial charge in [-0.3, -0.25) is 9.67 Å². The molecule has 1 N–H and O–H groups in total. The third-order valence-corrected chi connectivity index (χ3v) is 5.78. The SMILES string of the molecule is S=c1[nH]nc(-c2cc3ccc2CCc2ccc(cc2)CC3)n1-c1ccccc1. The Morgan fingerprint density at radius 3 is 2.14 bits per heavy atom. The lowest BCUT2D eigenvalue weighted by molar-refractivity contribution is 0.918. The summed E-state index contributed by atoms with van der Waals surface area (Å²) < 4.78 is 2.66. The lowest BCUT2D eigenvalue weighted by Gasteiger charge is -2.15. The van der Waals surface area contributed by atoms with Crippen LogP contribution >= 0.6 is 12.2 Å². The molecule has 0 unspecified atom stereocenters. The molecule has 0 aliphatic heterocycles. The van der Waals surface area contributed by atoms with Crippen LogP contribution in [0.15, 0.2) is 72.8 Å². The fraction of sp³-hybridized carbons (Fsp3) is 0.167. The van der Waals surface area contributed by atoms with Crippen molar-refractivity contribution in [2.24, 2.45) is 0 Å². The highest BCUT2D eigenvalue weighted by Gasteiger charge is 2.16. The first-order valence-electron chi connectivity index (χ1n) is 9.71. The highest BCUT2D eigenvalue weighted by molar-refractivity contribution is 7.71. The zero-order valence-corrected chi connectivity index (χ0v) is 16.4. The first-order valence-corrected chi connectivity index (χ1v) is 10.1. The van der Waals surface area contributed by atoms with Crippen molar-refractivity contribution in [3.05, 3.63) is 99.8 Å². The predicted molar refractivity (Wildman–Crippen MR) is 115 cm³/mol. The molecular formula is C24H21N3S. The second-order valence-corrected chi connectivity index (χ2v) is 7.72. The standard InChI is InChI=1S/C24H21N3S/c28-24-26-25-23(27(24)21-4-2-1-3-5-21)22-16-19-11-10-17-6-8-18(9-7-17)12-14-20(22)15-13-19/h1-9,13,15-16H,10-12,14H2,(H,26,28). The fourth-order valence-electron chi connectivity index (χ4n) is 3.94. The summed E-state index contributed by atoms with van der Waals surface area (Å²) in [6.45, 7) is 0. The molecule has 4 heteroatoms. The van der Waals surface area contributed by atoms with Gasteiger partial charge in [0.05, 0.1) is 0 Å². The van der Waals surface area contributed by atoms with Crippen molar-refractivity contribution in [1.82, 2.24) is 14.8 Å². The molecule has 0 saturated heterocycles. The van der Waals surface area contributed by atoms with Crippen LogP contribution in [0.1, 0.15) is 22.3 Å². The highest BCUT2D eigenvalue weighted by Crippen LogP contribution is 2.28. The number of rotatable bonds is 2. The van der Waals surface area contributed by atoms with Crippen LogP contribution in [0.5, 0.6) is 0 Å². The second-order valence-electron chi connectivity index (χ2n) is 7.33. The summed E-state index contributed by atoms with van der Waals surface area (Å²) in [6.07, 6.45) is 4.06. The molecule has 3 aromatic carbocycles. The summed E-state index contributed by atoms with van der Waals surface area (Å²) in [5.74, 6) is 0.888. The molecule has 0 saturated carbocycles. The van der Waals surface area contributed by atoms with E-state index in [4.69, 9.17) is 12.2 Å². The Kier molecular flexibility index (Phi) is 4.41. The summed E-state index contributed by atoms with van der Waals surface area (Å²) >= 11 is 5.56. The van der Waals surface area contributed by atoms with Gasteiger partial charge in [0.1, 0.15) is 0 Å². The average Bonchev–Trinajstić information content (AvgIpc) is 3.12. The molecule has 8 rings (SSSR count). The van der Waals surface area contributed by atoms with Crippen LogP contribution in [0.4, 0.5) is 0 Å². The van der Waals surface area contributed by atoms with Gasteiger partial charge in [0.25, 0.3) is 0 Å². The summed E-state index contributed by atoms with van der Waals surface area (Å²) in [5, 5.41) is 7.62. The molecule has 4 aromatic rings. The van der Waals surface area contributed by atoms with Gasteiger partial charge in [-0.1, -0.05) is 54.6 Å². The van der Waals surface area contributed by atoms with E-state index in [2.05, 4.69) is 64.8 Å². The maximum absolute atomic E-state index is 5.56. The Morgan fingerprint density at radius 1 is 0.750 bits per heavy atom. The van der Waals surface area contributed by atoms with Crippen LogP contribution in [0.3, 0.4) is 0 Å². The zero-order chi connectivity index (χ0) is 18.9. The minimum Gasteiger partial charge on any atom is -0.268 e. The molecule has 3 nitrogen and oxygen atoms in total. The van der Waals surface area contributed by atoms with E-state index in [1.807, 2.05) is 22.8 Å². The summed E-state index contributed by atoms with van der Waals surface area (Å²) in [4.78, 5) is 0. The quantitative estimate of drug-likeness (QED) is 0.465. The number of aromatic amines is 1. The fourth-order valence-corrected chi connectivity index (χ4v) is 4.18. The third-order valence-electron chi connectivity index (χ3n) is 5.51. The lowest BCUT2D eigenvalue weighted by atomic mass is 9.93. The number of aromatic nitrogens is 3. The molecule has 0 atom stereocenters. The Labute approximate surface area is 169 Å². The number of para-hydroxylation sites is 1. The largest absolute Gasteiger partial charge is 0.268 e. The number of hydrogen-bond acceptors (Lipinski definition) is 2. The van der Waals surface area contributed by atoms with E-state index in [0.717, 1.165) is 37.2 Å². The minimum atomic E-state index is 0.619. The van der Waals surface area contributed by atoms with Gasteiger partial charge in [-0.25, -0.2) is 0 Å². The van der Waals surface area contributed by atoms with E-state index in [-0.39, 0.29) is 0 Å². The maximum atomic E-state index is 5.56. The van der Waals surface area contributed by atoms with Gasteiger partial charge in [0.15, 0.2) is 10.6 Å². The summed E-state index contributed by atoms with van der Waals surface area (Å²) in [5.41, 5.74) is 7.60. The second kappa shape index (κ2) is 7.21. The van der Waals surface area contributed by atoms with E-state index >= 15 is 0 Å². The van der Waals surface area contributed by atoms with Crippen LogP contribution in [0.2, 0.25) is 0 Å². The number of aryl methyl sites for hydroxylation is 4. The Morgan fingerprint density at radius 2 is 1.39 bits per heavy atom. The van der Waals surface area contributed by atoms with Crippen molar-refractivity contribution < 1.29 is 0 Å². The van der Waals surface area contributed by atoms with Crippen LogP contribution in [0, 0.1) is 4.77 Å². The Hall–Kier alpha value is -2.98. The Balaban J connectivity index is 1.65. The van der Waals surface area contributed by atoms with Gasteiger partial charge in [-0.2, -0.15) is 5.10 Å². The van der Waals surface area contributed by atoms with Crippen molar-refractivity contribution >= 4 is 12.2 Å². The zero-order valence-electron chi connectivity index (χ0n) is 15.6. The smallest absolute Gasteiger partial charge is 0.200 e. The van der Waals surface area contributed by atoms with Crippen LogP contribution in [-0.4, -0.2) is 14.8 Å². The minimum absolute atomic E-state index is 0.619. The van der Waals surface area contributed by atoms with E-state index in [1.54, 1.807) is 0 Å².